The Morgan fingerprint density at radius 3 is 1.58 bits per heavy atom. The van der Waals surface area contributed by atoms with Crippen LogP contribution in [-0.2, 0) is 0 Å². The largest absolute Gasteiger partial charge is 0.456 e. The lowest BCUT2D eigenvalue weighted by Gasteiger charge is -2.18. The van der Waals surface area contributed by atoms with Crippen molar-refractivity contribution in [1.82, 2.24) is 0 Å². The first-order valence-electron chi connectivity index (χ1n) is 19.8. The zero-order valence-electron chi connectivity index (χ0n) is 34.5. The van der Waals surface area contributed by atoms with Crippen molar-refractivity contribution in [2.24, 2.45) is 0 Å². The quantitative estimate of drug-likeness (QED) is 0.197. The number of fused-ring (bicyclic) bond motifs is 6. The van der Waals surface area contributed by atoms with Crippen molar-refractivity contribution < 1.29 is 20.9 Å². The minimum absolute atomic E-state index is 0.0862. The summed E-state index contributed by atoms with van der Waals surface area (Å²) in [5, 5.41) is 4.29. The molecule has 0 spiro atoms. The Hall–Kier alpha value is -5.66. The zero-order valence-corrected chi connectivity index (χ0v) is 22.5. The molecule has 0 amide bonds. The second kappa shape index (κ2) is 9.44. The molecule has 1 heteroatoms. The van der Waals surface area contributed by atoms with Gasteiger partial charge in [-0.1, -0.05) is 127 Å². The lowest BCUT2D eigenvalue weighted by Crippen LogP contribution is -1.91. The van der Waals surface area contributed by atoms with Gasteiger partial charge < -0.3 is 4.42 Å². The van der Waals surface area contributed by atoms with Crippen LogP contribution in [0.1, 0.15) is 16.4 Å². The lowest BCUT2D eigenvalue weighted by molar-refractivity contribution is 0.669. The van der Waals surface area contributed by atoms with E-state index in [1.165, 1.54) is 0 Å². The summed E-state index contributed by atoms with van der Waals surface area (Å²) in [4.78, 5) is 0. The third kappa shape index (κ3) is 3.79. The minimum atomic E-state index is -0.520. The van der Waals surface area contributed by atoms with Gasteiger partial charge in [0.1, 0.15) is 11.2 Å². The highest BCUT2D eigenvalue weighted by Crippen LogP contribution is 2.45. The van der Waals surface area contributed by atoms with Crippen molar-refractivity contribution in [3.05, 3.63) is 157 Å². The molecule has 1 nitrogen and oxygen atoms in total. The van der Waals surface area contributed by atoms with Gasteiger partial charge in [0.25, 0.3) is 0 Å². The van der Waals surface area contributed by atoms with Crippen LogP contribution in [-0.4, -0.2) is 0 Å². The average molecular weight is 559 g/mol. The summed E-state index contributed by atoms with van der Waals surface area (Å²) in [5.41, 5.74) is 3.83. The molecule has 9 aromatic rings. The highest BCUT2D eigenvalue weighted by atomic mass is 16.3. The van der Waals surface area contributed by atoms with Crippen LogP contribution >= 0.6 is 0 Å². The van der Waals surface area contributed by atoms with Crippen LogP contribution in [0.2, 0.25) is 0 Å². The predicted molar refractivity (Wildman–Crippen MR) is 183 cm³/mol. The molecule has 200 valence electrons. The Balaban J connectivity index is 1.30. The monoisotopic (exact) mass is 558 g/mol. The van der Waals surface area contributed by atoms with E-state index in [1.54, 1.807) is 12.1 Å². The van der Waals surface area contributed by atoms with Gasteiger partial charge in [0.2, 0.25) is 0 Å². The first-order chi connectivity index (χ1) is 26.3. The SMILES string of the molecule is [2H]c1c([2H])c([2H])c(-c2ccc3c(c2)oc2cc(-c4c5ccccc5c(-c5c([2H])c([2H])c6c([2H])c([2H])c([2H])c([2H])c6c5[2H])c5ccccc45)ccc23)c([2H])c1[2H]. The summed E-state index contributed by atoms with van der Waals surface area (Å²) in [6.45, 7) is 0. The predicted octanol–water partition coefficient (Wildman–Crippen LogP) is 12.0. The number of rotatable bonds is 3. The Labute approximate surface area is 266 Å². The topological polar surface area (TPSA) is 13.1 Å². The molecular formula is C42H26O. The molecule has 0 aliphatic heterocycles. The molecule has 9 rings (SSSR count). The first kappa shape index (κ1) is 15.0. The van der Waals surface area contributed by atoms with Gasteiger partial charge in [-0.2, -0.15) is 0 Å². The second-order valence-corrected chi connectivity index (χ2v) is 10.4. The minimum Gasteiger partial charge on any atom is -0.456 e. The molecule has 0 atom stereocenters. The third-order valence-electron chi connectivity index (χ3n) is 7.98. The van der Waals surface area contributed by atoms with Crippen LogP contribution in [0.15, 0.2) is 162 Å². The van der Waals surface area contributed by atoms with Gasteiger partial charge in [-0.3, -0.25) is 0 Å². The van der Waals surface area contributed by atoms with Crippen LogP contribution in [0.3, 0.4) is 0 Å². The van der Waals surface area contributed by atoms with Crippen molar-refractivity contribution >= 4 is 54.3 Å². The fourth-order valence-electron chi connectivity index (χ4n) is 6.10. The van der Waals surface area contributed by atoms with Gasteiger partial charge >= 0.3 is 0 Å². The van der Waals surface area contributed by atoms with Crippen molar-refractivity contribution in [2.45, 2.75) is 0 Å². The van der Waals surface area contributed by atoms with Gasteiger partial charge in [-0.15, -0.1) is 0 Å². The Bertz CT molecular complexity index is 3100. The third-order valence-corrected chi connectivity index (χ3v) is 7.98. The molecule has 0 saturated carbocycles. The maximum atomic E-state index is 9.34. The van der Waals surface area contributed by atoms with E-state index < -0.39 is 42.3 Å². The van der Waals surface area contributed by atoms with Crippen molar-refractivity contribution in [3.63, 3.8) is 0 Å². The molecule has 0 unspecified atom stereocenters. The van der Waals surface area contributed by atoms with Crippen LogP contribution < -0.4 is 0 Å². The smallest absolute Gasteiger partial charge is 0.136 e. The molecule has 1 heterocycles. The molecule has 0 aliphatic rings. The van der Waals surface area contributed by atoms with Gasteiger partial charge in [0.15, 0.2) is 0 Å². The molecule has 8 aromatic carbocycles. The molecule has 0 aliphatic carbocycles. The van der Waals surface area contributed by atoms with Crippen LogP contribution in [0.4, 0.5) is 0 Å². The van der Waals surface area contributed by atoms with E-state index in [-0.39, 0.29) is 52.1 Å². The van der Waals surface area contributed by atoms with Crippen LogP contribution in [0, 0.1) is 0 Å². The van der Waals surface area contributed by atoms with Gasteiger partial charge in [0.05, 0.1) is 16.4 Å². The summed E-state index contributed by atoms with van der Waals surface area (Å²) >= 11 is 0. The molecule has 1 aromatic heterocycles. The van der Waals surface area contributed by atoms with Crippen molar-refractivity contribution in [1.29, 1.82) is 0 Å². The molecule has 0 saturated heterocycles. The molecule has 0 fully saturated rings. The van der Waals surface area contributed by atoms with E-state index in [9.17, 15) is 1.37 Å². The first-order valence-corrected chi connectivity index (χ1v) is 13.8. The molecule has 0 bridgehead atoms. The van der Waals surface area contributed by atoms with Crippen LogP contribution in [0.5, 0.6) is 0 Å². The van der Waals surface area contributed by atoms with Crippen LogP contribution in [0.25, 0.3) is 87.6 Å². The second-order valence-electron chi connectivity index (χ2n) is 10.4. The summed E-state index contributed by atoms with van der Waals surface area (Å²) < 4.78 is 109. The standard InChI is InChI=1S/C42H26O/c1-2-10-27(11-3-1)30-20-22-33-34-23-21-32(26-40(34)43-39(33)25-30)42-37-16-8-6-14-35(37)41(36-15-7-9-17-38(36)42)31-19-18-28-12-4-5-13-29(28)24-31/h1-26H/i1D,2D,3D,4D,5D,10D,11D,12D,13D,18D,19D,24D. The maximum Gasteiger partial charge on any atom is 0.136 e. The Morgan fingerprint density at radius 2 is 0.930 bits per heavy atom. The number of benzene rings is 8. The maximum absolute atomic E-state index is 9.34. The molecule has 0 radical (unpaired) electrons. The Morgan fingerprint density at radius 1 is 0.395 bits per heavy atom. The highest BCUT2D eigenvalue weighted by Gasteiger charge is 2.18. The fraction of sp³-hybridized carbons (Fsp3) is 0. The number of hydrogen-bond acceptors (Lipinski definition) is 1. The van der Waals surface area contributed by atoms with E-state index in [0.29, 0.717) is 33.1 Å². The van der Waals surface area contributed by atoms with Gasteiger partial charge in [-0.05, 0) is 96.0 Å². The van der Waals surface area contributed by atoms with E-state index >= 15 is 0 Å². The van der Waals surface area contributed by atoms with E-state index in [0.717, 1.165) is 32.7 Å². The normalized spacial score (nSPS) is 15.6. The lowest BCUT2D eigenvalue weighted by atomic mass is 9.85. The summed E-state index contributed by atoms with van der Waals surface area (Å²) in [6, 6.07) is 21.5. The summed E-state index contributed by atoms with van der Waals surface area (Å²) in [5.74, 6) is 0. The van der Waals surface area contributed by atoms with Gasteiger partial charge in [-0.25, -0.2) is 0 Å². The zero-order chi connectivity index (χ0) is 38.8. The van der Waals surface area contributed by atoms with E-state index in [1.807, 2.05) is 72.8 Å². The molecule has 0 N–H and O–H groups in total. The molecule has 43 heavy (non-hydrogen) atoms. The Kier molecular flexibility index (Phi) is 3.29. The summed E-state index contributed by atoms with van der Waals surface area (Å²) in [7, 11) is 0. The highest BCUT2D eigenvalue weighted by molar-refractivity contribution is 6.22. The number of furan rings is 1. The average Bonchev–Trinajstić information content (AvgIpc) is 3.56. The van der Waals surface area contributed by atoms with Crippen molar-refractivity contribution in [2.75, 3.05) is 0 Å². The van der Waals surface area contributed by atoms with Crippen molar-refractivity contribution in [3.8, 4) is 33.4 Å². The molecular weight excluding hydrogens is 520 g/mol. The van der Waals surface area contributed by atoms with Gasteiger partial charge in [0, 0.05) is 10.8 Å². The fourth-order valence-corrected chi connectivity index (χ4v) is 6.10. The van der Waals surface area contributed by atoms with E-state index in [2.05, 4.69) is 0 Å². The van der Waals surface area contributed by atoms with E-state index in [4.69, 9.17) is 19.5 Å². The summed E-state index contributed by atoms with van der Waals surface area (Å²) in [6.07, 6.45) is 0. The number of hydrogen-bond donors (Lipinski definition) is 0.